The molecule has 0 atom stereocenters. The summed E-state index contributed by atoms with van der Waals surface area (Å²) in [5.41, 5.74) is 0.638. The van der Waals surface area contributed by atoms with Crippen molar-refractivity contribution in [3.05, 3.63) is 29.8 Å². The molecule has 0 aliphatic rings. The second-order valence-electron chi connectivity index (χ2n) is 3.22. The summed E-state index contributed by atoms with van der Waals surface area (Å²) in [5.74, 6) is 0.733. The number of ether oxygens (including phenoxy) is 3. The summed E-state index contributed by atoms with van der Waals surface area (Å²) in [5, 5.41) is 0. The third-order valence-electron chi connectivity index (χ3n) is 2.16. The zero-order valence-corrected chi connectivity index (χ0v) is 9.51. The van der Waals surface area contributed by atoms with Crippen LogP contribution in [0.2, 0.25) is 0 Å². The van der Waals surface area contributed by atoms with E-state index in [1.807, 2.05) is 0 Å². The average Bonchev–Trinajstić information content (AvgIpc) is 2.35. The smallest absolute Gasteiger partial charge is 0.160 e. The lowest BCUT2D eigenvalue weighted by atomic mass is 10.2. The average molecular weight is 224 g/mol. The van der Waals surface area contributed by atoms with Crippen LogP contribution in [0.4, 0.5) is 0 Å². The number of benzene rings is 1. The zero-order valence-electron chi connectivity index (χ0n) is 9.51. The first-order chi connectivity index (χ1) is 7.80. The van der Waals surface area contributed by atoms with Gasteiger partial charge in [0, 0.05) is 26.2 Å². The number of aldehydes is 1. The van der Waals surface area contributed by atoms with Gasteiger partial charge in [0.1, 0.15) is 12.0 Å². The summed E-state index contributed by atoms with van der Waals surface area (Å²) in [4.78, 5) is 10.4. The number of carbonyl (C=O) groups excluding carboxylic acids is 1. The molecule has 4 heteroatoms. The Labute approximate surface area is 95.1 Å². The van der Waals surface area contributed by atoms with Gasteiger partial charge in [0.2, 0.25) is 0 Å². The molecule has 0 aliphatic carbocycles. The van der Waals surface area contributed by atoms with E-state index in [0.717, 1.165) is 12.0 Å². The third kappa shape index (κ3) is 4.00. The molecule has 0 saturated heterocycles. The number of rotatable bonds is 7. The molecular formula is C12H16O4. The Hall–Kier alpha value is -1.39. The van der Waals surface area contributed by atoms with Gasteiger partial charge in [-0.1, -0.05) is 0 Å². The summed E-state index contributed by atoms with van der Waals surface area (Å²) in [6.07, 6.45) is 1.22. The van der Waals surface area contributed by atoms with Crippen molar-refractivity contribution in [2.75, 3.05) is 20.8 Å². The molecule has 0 bridgehead atoms. The topological polar surface area (TPSA) is 44.8 Å². The quantitative estimate of drug-likeness (QED) is 0.524. The lowest BCUT2D eigenvalue weighted by Crippen LogP contribution is -2.16. The minimum atomic E-state index is -0.241. The highest BCUT2D eigenvalue weighted by atomic mass is 16.7. The maximum Gasteiger partial charge on any atom is 0.160 e. The van der Waals surface area contributed by atoms with Crippen molar-refractivity contribution in [1.82, 2.24) is 0 Å². The Morgan fingerprint density at radius 3 is 2.31 bits per heavy atom. The lowest BCUT2D eigenvalue weighted by molar-refractivity contribution is -0.110. The molecule has 0 N–H and O–H groups in total. The Bertz CT molecular complexity index is 303. The maximum absolute atomic E-state index is 10.4. The van der Waals surface area contributed by atoms with Crippen LogP contribution >= 0.6 is 0 Å². The monoisotopic (exact) mass is 224 g/mol. The van der Waals surface area contributed by atoms with Crippen molar-refractivity contribution < 1.29 is 19.0 Å². The summed E-state index contributed by atoms with van der Waals surface area (Å²) in [6.45, 7) is 0.507. The summed E-state index contributed by atoms with van der Waals surface area (Å²) >= 11 is 0. The van der Waals surface area contributed by atoms with Gasteiger partial charge in [-0.15, -0.1) is 0 Å². The Morgan fingerprint density at radius 2 is 1.81 bits per heavy atom. The van der Waals surface area contributed by atoms with E-state index in [0.29, 0.717) is 18.6 Å². The predicted octanol–water partition coefficient (Wildman–Crippen LogP) is 1.89. The van der Waals surface area contributed by atoms with Crippen LogP contribution in [0.25, 0.3) is 0 Å². The first kappa shape index (κ1) is 12.7. The Morgan fingerprint density at radius 1 is 1.19 bits per heavy atom. The van der Waals surface area contributed by atoms with E-state index < -0.39 is 0 Å². The van der Waals surface area contributed by atoms with E-state index >= 15 is 0 Å². The molecule has 1 aromatic rings. The van der Waals surface area contributed by atoms with Crippen LogP contribution < -0.4 is 4.74 Å². The normalized spacial score (nSPS) is 10.4. The fourth-order valence-electron chi connectivity index (χ4n) is 1.25. The molecule has 0 saturated carbocycles. The molecule has 0 fully saturated rings. The van der Waals surface area contributed by atoms with Crippen LogP contribution in [0, 0.1) is 0 Å². The molecule has 0 amide bonds. The van der Waals surface area contributed by atoms with Crippen molar-refractivity contribution in [3.63, 3.8) is 0 Å². The number of methoxy groups -OCH3 is 2. The first-order valence-corrected chi connectivity index (χ1v) is 5.03. The van der Waals surface area contributed by atoms with Crippen molar-refractivity contribution in [2.24, 2.45) is 0 Å². The number of carbonyl (C=O) groups is 1. The minimum Gasteiger partial charge on any atom is -0.493 e. The second kappa shape index (κ2) is 6.98. The highest BCUT2D eigenvalue weighted by molar-refractivity contribution is 5.74. The van der Waals surface area contributed by atoms with Crippen LogP contribution in [-0.2, 0) is 9.47 Å². The second-order valence-corrected chi connectivity index (χ2v) is 3.22. The Kier molecular flexibility index (Phi) is 5.53. The van der Waals surface area contributed by atoms with E-state index in [9.17, 15) is 4.79 Å². The molecular weight excluding hydrogens is 208 g/mol. The fourth-order valence-corrected chi connectivity index (χ4v) is 1.25. The molecule has 1 aromatic carbocycles. The molecule has 0 spiro atoms. The van der Waals surface area contributed by atoms with Crippen LogP contribution in [0.1, 0.15) is 16.8 Å². The highest BCUT2D eigenvalue weighted by Crippen LogP contribution is 2.11. The van der Waals surface area contributed by atoms with Crippen LogP contribution in [0.15, 0.2) is 24.3 Å². The van der Waals surface area contributed by atoms with E-state index in [-0.39, 0.29) is 6.29 Å². The summed E-state index contributed by atoms with van der Waals surface area (Å²) in [6, 6.07) is 6.95. The van der Waals surface area contributed by atoms with Gasteiger partial charge in [0.15, 0.2) is 6.29 Å². The number of hydrogen-bond donors (Lipinski definition) is 0. The largest absolute Gasteiger partial charge is 0.493 e. The van der Waals surface area contributed by atoms with Crippen molar-refractivity contribution in [2.45, 2.75) is 12.7 Å². The minimum absolute atomic E-state index is 0.241. The third-order valence-corrected chi connectivity index (χ3v) is 2.16. The molecule has 4 nitrogen and oxygen atoms in total. The Balaban J connectivity index is 2.34. The fraction of sp³-hybridized carbons (Fsp3) is 0.417. The van der Waals surface area contributed by atoms with Gasteiger partial charge in [-0.05, 0) is 24.3 Å². The van der Waals surface area contributed by atoms with E-state index in [4.69, 9.17) is 14.2 Å². The van der Waals surface area contributed by atoms with Crippen LogP contribution in [0.3, 0.4) is 0 Å². The van der Waals surface area contributed by atoms with Gasteiger partial charge in [-0.2, -0.15) is 0 Å². The van der Waals surface area contributed by atoms with Crippen LogP contribution in [0.5, 0.6) is 5.75 Å². The maximum atomic E-state index is 10.4. The van der Waals surface area contributed by atoms with Gasteiger partial charge in [-0.25, -0.2) is 0 Å². The molecule has 88 valence electrons. The summed E-state index contributed by atoms with van der Waals surface area (Å²) in [7, 11) is 3.18. The molecule has 0 aromatic heterocycles. The molecule has 0 heterocycles. The lowest BCUT2D eigenvalue weighted by Gasteiger charge is -2.13. The SMILES string of the molecule is COC(CCOc1ccc(C=O)cc1)OC. The van der Waals surface area contributed by atoms with Crippen molar-refractivity contribution in [3.8, 4) is 5.75 Å². The van der Waals surface area contributed by atoms with Gasteiger partial charge >= 0.3 is 0 Å². The van der Waals surface area contributed by atoms with Gasteiger partial charge in [-0.3, -0.25) is 4.79 Å². The van der Waals surface area contributed by atoms with Gasteiger partial charge in [0.25, 0.3) is 0 Å². The molecule has 0 unspecified atom stereocenters. The van der Waals surface area contributed by atoms with E-state index in [1.165, 1.54) is 0 Å². The predicted molar refractivity (Wildman–Crippen MR) is 59.7 cm³/mol. The highest BCUT2D eigenvalue weighted by Gasteiger charge is 2.04. The molecule has 0 aliphatic heterocycles. The van der Waals surface area contributed by atoms with E-state index in [1.54, 1.807) is 38.5 Å². The summed E-state index contributed by atoms with van der Waals surface area (Å²) < 4.78 is 15.5. The van der Waals surface area contributed by atoms with Crippen molar-refractivity contribution >= 4 is 6.29 Å². The molecule has 16 heavy (non-hydrogen) atoms. The molecule has 0 radical (unpaired) electrons. The standard InChI is InChI=1S/C12H16O4/c1-14-12(15-2)7-8-16-11-5-3-10(9-13)4-6-11/h3-6,9,12H,7-8H2,1-2H3. The number of hydrogen-bond acceptors (Lipinski definition) is 4. The van der Waals surface area contributed by atoms with Gasteiger partial charge in [0.05, 0.1) is 6.61 Å². The molecule has 1 rings (SSSR count). The van der Waals surface area contributed by atoms with Gasteiger partial charge < -0.3 is 14.2 Å². The van der Waals surface area contributed by atoms with Crippen LogP contribution in [-0.4, -0.2) is 33.4 Å². The zero-order chi connectivity index (χ0) is 11.8. The first-order valence-electron chi connectivity index (χ1n) is 5.03. The van der Waals surface area contributed by atoms with Crippen molar-refractivity contribution in [1.29, 1.82) is 0 Å². The van der Waals surface area contributed by atoms with E-state index in [2.05, 4.69) is 0 Å².